The molecule has 0 saturated heterocycles. The highest BCUT2D eigenvalue weighted by molar-refractivity contribution is 5.67. The molecule has 3 N–H and O–H groups in total. The van der Waals surface area contributed by atoms with Crippen molar-refractivity contribution >= 4 is 5.97 Å². The molecule has 0 fully saturated rings. The van der Waals surface area contributed by atoms with E-state index in [1.165, 1.54) is 12.1 Å². The van der Waals surface area contributed by atoms with Gasteiger partial charge < -0.3 is 10.8 Å². The van der Waals surface area contributed by atoms with Crippen molar-refractivity contribution in [1.29, 1.82) is 0 Å². The highest BCUT2D eigenvalue weighted by Crippen LogP contribution is 2.19. The Morgan fingerprint density at radius 3 is 2.78 bits per heavy atom. The summed E-state index contributed by atoms with van der Waals surface area (Å²) in [6.07, 6.45) is 1.59. The molecule has 1 rings (SSSR count). The standard InChI is InChI=1S/C14H20FNO2/c1-10(6-12(9-16)8-14(17)18)5-11-3-2-4-13(15)7-11/h2-4,7,10,12H,5-6,8-9,16H2,1H3,(H,17,18)/t10-,12+/m1/s1. The molecule has 0 saturated carbocycles. The number of halogens is 1. The summed E-state index contributed by atoms with van der Waals surface area (Å²) < 4.78 is 13.0. The second-order valence-corrected chi connectivity index (χ2v) is 4.87. The van der Waals surface area contributed by atoms with Gasteiger partial charge in [0.25, 0.3) is 0 Å². The number of aliphatic carboxylic acids is 1. The Labute approximate surface area is 107 Å². The third-order valence-electron chi connectivity index (χ3n) is 3.01. The zero-order valence-corrected chi connectivity index (χ0v) is 10.6. The van der Waals surface area contributed by atoms with Crippen LogP contribution in [-0.2, 0) is 11.2 Å². The fourth-order valence-corrected chi connectivity index (χ4v) is 2.23. The number of rotatable bonds is 7. The summed E-state index contributed by atoms with van der Waals surface area (Å²) in [5.74, 6) is -0.769. The van der Waals surface area contributed by atoms with Crippen molar-refractivity contribution in [2.24, 2.45) is 17.6 Å². The molecule has 0 aliphatic heterocycles. The molecular formula is C14H20FNO2. The van der Waals surface area contributed by atoms with Gasteiger partial charge in [0, 0.05) is 6.42 Å². The second kappa shape index (κ2) is 7.11. The summed E-state index contributed by atoms with van der Waals surface area (Å²) in [5, 5.41) is 8.75. The number of benzene rings is 1. The molecule has 0 radical (unpaired) electrons. The van der Waals surface area contributed by atoms with Crippen molar-refractivity contribution in [3.63, 3.8) is 0 Å². The average Bonchev–Trinajstić information content (AvgIpc) is 2.27. The maximum Gasteiger partial charge on any atom is 0.303 e. The number of carboxylic acids is 1. The van der Waals surface area contributed by atoms with Crippen LogP contribution in [0.1, 0.15) is 25.3 Å². The first-order valence-corrected chi connectivity index (χ1v) is 6.17. The maximum absolute atomic E-state index is 13.0. The number of hydrogen-bond donors (Lipinski definition) is 2. The first-order valence-electron chi connectivity index (χ1n) is 6.17. The highest BCUT2D eigenvalue weighted by Gasteiger charge is 2.15. The van der Waals surface area contributed by atoms with E-state index < -0.39 is 5.97 Å². The molecule has 0 aromatic heterocycles. The number of hydrogen-bond acceptors (Lipinski definition) is 2. The van der Waals surface area contributed by atoms with E-state index in [9.17, 15) is 9.18 Å². The van der Waals surface area contributed by atoms with Gasteiger partial charge in [-0.2, -0.15) is 0 Å². The average molecular weight is 253 g/mol. The van der Waals surface area contributed by atoms with Gasteiger partial charge in [-0.05, 0) is 48.9 Å². The molecule has 0 spiro atoms. The van der Waals surface area contributed by atoms with E-state index in [4.69, 9.17) is 10.8 Å². The minimum Gasteiger partial charge on any atom is -0.481 e. The smallest absolute Gasteiger partial charge is 0.303 e. The molecule has 0 bridgehead atoms. The Hall–Kier alpha value is -1.42. The molecule has 18 heavy (non-hydrogen) atoms. The Bertz CT molecular complexity index is 395. The van der Waals surface area contributed by atoms with Crippen LogP contribution < -0.4 is 5.73 Å². The quantitative estimate of drug-likeness (QED) is 0.784. The van der Waals surface area contributed by atoms with Gasteiger partial charge in [0.1, 0.15) is 5.82 Å². The minimum atomic E-state index is -0.816. The number of carboxylic acid groups (broad SMARTS) is 1. The summed E-state index contributed by atoms with van der Waals surface area (Å²) in [7, 11) is 0. The normalized spacial score (nSPS) is 14.2. The van der Waals surface area contributed by atoms with Crippen LogP contribution in [0.25, 0.3) is 0 Å². The fraction of sp³-hybridized carbons (Fsp3) is 0.500. The molecular weight excluding hydrogens is 233 g/mol. The largest absolute Gasteiger partial charge is 0.481 e. The molecule has 3 nitrogen and oxygen atoms in total. The molecule has 0 heterocycles. The Morgan fingerprint density at radius 1 is 1.50 bits per heavy atom. The lowest BCUT2D eigenvalue weighted by Gasteiger charge is -2.18. The van der Waals surface area contributed by atoms with Crippen LogP contribution in [0.5, 0.6) is 0 Å². The van der Waals surface area contributed by atoms with Crippen molar-refractivity contribution < 1.29 is 14.3 Å². The number of carbonyl (C=O) groups is 1. The summed E-state index contributed by atoms with van der Waals surface area (Å²) in [6, 6.07) is 6.51. The Kier molecular flexibility index (Phi) is 5.78. The number of nitrogens with two attached hydrogens (primary N) is 1. The molecule has 0 aliphatic rings. The Morgan fingerprint density at radius 2 is 2.22 bits per heavy atom. The van der Waals surface area contributed by atoms with Crippen LogP contribution in [0.3, 0.4) is 0 Å². The van der Waals surface area contributed by atoms with Gasteiger partial charge in [-0.1, -0.05) is 19.1 Å². The van der Waals surface area contributed by atoms with Gasteiger partial charge in [-0.25, -0.2) is 4.39 Å². The molecule has 100 valence electrons. The zero-order chi connectivity index (χ0) is 13.5. The van der Waals surface area contributed by atoms with Crippen LogP contribution in [0.4, 0.5) is 4.39 Å². The first kappa shape index (κ1) is 14.6. The van der Waals surface area contributed by atoms with Crippen molar-refractivity contribution in [2.75, 3.05) is 6.54 Å². The van der Waals surface area contributed by atoms with Crippen LogP contribution in [-0.4, -0.2) is 17.6 Å². The summed E-state index contributed by atoms with van der Waals surface area (Å²) in [4.78, 5) is 10.6. The van der Waals surface area contributed by atoms with E-state index in [0.29, 0.717) is 12.5 Å². The third kappa shape index (κ3) is 5.27. The van der Waals surface area contributed by atoms with Gasteiger partial charge in [0.2, 0.25) is 0 Å². The van der Waals surface area contributed by atoms with Gasteiger partial charge in [-0.3, -0.25) is 4.79 Å². The summed E-state index contributed by atoms with van der Waals surface area (Å²) in [6.45, 7) is 2.41. The van der Waals surface area contributed by atoms with E-state index in [1.54, 1.807) is 6.07 Å². The van der Waals surface area contributed by atoms with Crippen molar-refractivity contribution in [3.8, 4) is 0 Å². The van der Waals surface area contributed by atoms with E-state index in [-0.39, 0.29) is 18.2 Å². The van der Waals surface area contributed by atoms with Crippen molar-refractivity contribution in [2.45, 2.75) is 26.2 Å². The lowest BCUT2D eigenvalue weighted by molar-refractivity contribution is -0.138. The van der Waals surface area contributed by atoms with Crippen LogP contribution >= 0.6 is 0 Å². The molecule has 1 aromatic carbocycles. The predicted molar refractivity (Wildman–Crippen MR) is 68.7 cm³/mol. The molecule has 0 amide bonds. The molecule has 0 unspecified atom stereocenters. The minimum absolute atomic E-state index is 0.00828. The monoisotopic (exact) mass is 253 g/mol. The predicted octanol–water partition coefficient (Wildman–Crippen LogP) is 2.44. The lowest BCUT2D eigenvalue weighted by Crippen LogP contribution is -2.21. The first-order chi connectivity index (χ1) is 8.51. The summed E-state index contributed by atoms with van der Waals surface area (Å²) in [5.41, 5.74) is 6.50. The van der Waals surface area contributed by atoms with Crippen LogP contribution in [0.2, 0.25) is 0 Å². The van der Waals surface area contributed by atoms with E-state index in [1.807, 2.05) is 13.0 Å². The SMILES string of the molecule is C[C@H](Cc1cccc(F)c1)C[C@H](CN)CC(=O)O. The van der Waals surface area contributed by atoms with E-state index in [2.05, 4.69) is 0 Å². The van der Waals surface area contributed by atoms with Crippen LogP contribution in [0, 0.1) is 17.7 Å². The maximum atomic E-state index is 13.0. The summed E-state index contributed by atoms with van der Waals surface area (Å²) >= 11 is 0. The van der Waals surface area contributed by atoms with Gasteiger partial charge in [-0.15, -0.1) is 0 Å². The highest BCUT2D eigenvalue weighted by atomic mass is 19.1. The molecule has 2 atom stereocenters. The topological polar surface area (TPSA) is 63.3 Å². The molecule has 0 aliphatic carbocycles. The van der Waals surface area contributed by atoms with E-state index >= 15 is 0 Å². The molecule has 4 heteroatoms. The van der Waals surface area contributed by atoms with Crippen LogP contribution in [0.15, 0.2) is 24.3 Å². The lowest BCUT2D eigenvalue weighted by atomic mass is 9.89. The second-order valence-electron chi connectivity index (χ2n) is 4.87. The Balaban J connectivity index is 2.49. The van der Waals surface area contributed by atoms with Gasteiger partial charge >= 0.3 is 5.97 Å². The van der Waals surface area contributed by atoms with Crippen molar-refractivity contribution in [1.82, 2.24) is 0 Å². The third-order valence-corrected chi connectivity index (χ3v) is 3.01. The van der Waals surface area contributed by atoms with Gasteiger partial charge in [0.05, 0.1) is 0 Å². The van der Waals surface area contributed by atoms with E-state index in [0.717, 1.165) is 18.4 Å². The molecule has 1 aromatic rings. The zero-order valence-electron chi connectivity index (χ0n) is 10.6. The van der Waals surface area contributed by atoms with Crippen molar-refractivity contribution in [3.05, 3.63) is 35.6 Å². The fourth-order valence-electron chi connectivity index (χ4n) is 2.23. The van der Waals surface area contributed by atoms with Gasteiger partial charge in [0.15, 0.2) is 0 Å².